The maximum atomic E-state index is 12.2. The third kappa shape index (κ3) is 5.82. The Hall–Kier alpha value is -2.83. The van der Waals surface area contributed by atoms with Crippen LogP contribution in [0, 0.1) is 5.92 Å². The third-order valence-corrected chi connectivity index (χ3v) is 5.08. The SMILES string of the molecule is CCNC(=NCc1ccccc1Cn1cccn1)N1CCCC(C(=O)OCC)C1. The Labute approximate surface area is 172 Å². The number of carbonyl (C=O) groups is 1. The molecule has 0 aliphatic carbocycles. The zero-order valence-corrected chi connectivity index (χ0v) is 17.4. The van der Waals surface area contributed by atoms with Crippen LogP contribution in [0.5, 0.6) is 0 Å². The molecule has 0 radical (unpaired) electrons. The van der Waals surface area contributed by atoms with E-state index in [0.29, 0.717) is 19.7 Å². The number of ether oxygens (including phenoxy) is 1. The predicted molar refractivity (Wildman–Crippen MR) is 114 cm³/mol. The summed E-state index contributed by atoms with van der Waals surface area (Å²) in [6, 6.07) is 10.3. The first kappa shape index (κ1) is 20.9. The third-order valence-electron chi connectivity index (χ3n) is 5.08. The Morgan fingerprint density at radius 1 is 1.28 bits per heavy atom. The number of hydrogen-bond donors (Lipinski definition) is 1. The van der Waals surface area contributed by atoms with E-state index in [1.807, 2.05) is 36.0 Å². The second-order valence-corrected chi connectivity index (χ2v) is 7.18. The highest BCUT2D eigenvalue weighted by molar-refractivity contribution is 5.81. The fourth-order valence-corrected chi connectivity index (χ4v) is 3.64. The Morgan fingerprint density at radius 2 is 2.10 bits per heavy atom. The minimum absolute atomic E-state index is 0.0837. The van der Waals surface area contributed by atoms with Gasteiger partial charge < -0.3 is 15.0 Å². The lowest BCUT2D eigenvalue weighted by Gasteiger charge is -2.34. The minimum Gasteiger partial charge on any atom is -0.466 e. The molecule has 1 fully saturated rings. The molecule has 2 aromatic rings. The number of rotatable bonds is 7. The predicted octanol–water partition coefficient (Wildman–Crippen LogP) is 2.67. The van der Waals surface area contributed by atoms with Crippen LogP contribution in [-0.4, -0.2) is 52.9 Å². The van der Waals surface area contributed by atoms with Crippen LogP contribution in [0.25, 0.3) is 0 Å². The molecule has 1 N–H and O–H groups in total. The number of aliphatic imine (C=N–C) groups is 1. The molecular weight excluding hydrogens is 366 g/mol. The van der Waals surface area contributed by atoms with Gasteiger partial charge in [0, 0.05) is 32.0 Å². The molecule has 1 aromatic heterocycles. The van der Waals surface area contributed by atoms with E-state index in [0.717, 1.165) is 38.4 Å². The van der Waals surface area contributed by atoms with Crippen molar-refractivity contribution in [2.45, 2.75) is 39.8 Å². The normalized spacial score (nSPS) is 17.2. The van der Waals surface area contributed by atoms with E-state index in [2.05, 4.69) is 34.4 Å². The number of likely N-dealkylation sites (tertiary alicyclic amines) is 1. The minimum atomic E-state index is -0.0994. The van der Waals surface area contributed by atoms with Crippen LogP contribution in [0.3, 0.4) is 0 Å². The number of nitrogens with zero attached hydrogens (tertiary/aromatic N) is 4. The fourth-order valence-electron chi connectivity index (χ4n) is 3.64. The van der Waals surface area contributed by atoms with Crippen LogP contribution in [-0.2, 0) is 22.6 Å². The van der Waals surface area contributed by atoms with E-state index < -0.39 is 0 Å². The van der Waals surface area contributed by atoms with Crippen molar-refractivity contribution in [2.24, 2.45) is 10.9 Å². The van der Waals surface area contributed by atoms with Gasteiger partial charge in [-0.15, -0.1) is 0 Å². The van der Waals surface area contributed by atoms with E-state index >= 15 is 0 Å². The summed E-state index contributed by atoms with van der Waals surface area (Å²) >= 11 is 0. The topological polar surface area (TPSA) is 71.8 Å². The van der Waals surface area contributed by atoms with Gasteiger partial charge in [0.25, 0.3) is 0 Å². The molecule has 0 saturated carbocycles. The van der Waals surface area contributed by atoms with Gasteiger partial charge in [0.05, 0.1) is 25.6 Å². The highest BCUT2D eigenvalue weighted by Gasteiger charge is 2.28. The monoisotopic (exact) mass is 397 g/mol. The van der Waals surface area contributed by atoms with E-state index in [4.69, 9.17) is 9.73 Å². The molecule has 2 heterocycles. The van der Waals surface area contributed by atoms with Gasteiger partial charge in [-0.1, -0.05) is 24.3 Å². The number of aromatic nitrogens is 2. The molecule has 0 spiro atoms. The van der Waals surface area contributed by atoms with E-state index in [1.54, 1.807) is 6.20 Å². The van der Waals surface area contributed by atoms with Gasteiger partial charge >= 0.3 is 5.97 Å². The molecule has 7 heteroatoms. The molecule has 156 valence electrons. The van der Waals surface area contributed by atoms with Crippen molar-refractivity contribution in [1.29, 1.82) is 0 Å². The maximum absolute atomic E-state index is 12.2. The molecule has 1 aromatic carbocycles. The van der Waals surface area contributed by atoms with Crippen molar-refractivity contribution in [3.63, 3.8) is 0 Å². The maximum Gasteiger partial charge on any atom is 0.310 e. The summed E-state index contributed by atoms with van der Waals surface area (Å²) in [5, 5.41) is 7.69. The largest absolute Gasteiger partial charge is 0.466 e. The van der Waals surface area contributed by atoms with Crippen molar-refractivity contribution in [1.82, 2.24) is 20.0 Å². The lowest BCUT2D eigenvalue weighted by molar-refractivity contribution is -0.149. The quantitative estimate of drug-likeness (QED) is 0.442. The molecule has 1 saturated heterocycles. The summed E-state index contributed by atoms with van der Waals surface area (Å²) in [4.78, 5) is 19.3. The molecule has 29 heavy (non-hydrogen) atoms. The zero-order chi connectivity index (χ0) is 20.5. The Morgan fingerprint density at radius 3 is 2.83 bits per heavy atom. The first-order valence-corrected chi connectivity index (χ1v) is 10.4. The summed E-state index contributed by atoms with van der Waals surface area (Å²) < 4.78 is 7.15. The smallest absolute Gasteiger partial charge is 0.310 e. The number of carbonyl (C=O) groups excluding carboxylic acids is 1. The number of guanidine groups is 1. The average molecular weight is 398 g/mol. The second kappa shape index (κ2) is 10.6. The molecule has 3 rings (SSSR count). The van der Waals surface area contributed by atoms with Crippen LogP contribution >= 0.6 is 0 Å². The lowest BCUT2D eigenvalue weighted by atomic mass is 9.98. The Balaban J connectivity index is 1.72. The zero-order valence-electron chi connectivity index (χ0n) is 17.4. The lowest BCUT2D eigenvalue weighted by Crippen LogP contribution is -2.48. The van der Waals surface area contributed by atoms with E-state index in [9.17, 15) is 4.79 Å². The molecule has 0 amide bonds. The van der Waals surface area contributed by atoms with Crippen LogP contribution in [0.2, 0.25) is 0 Å². The van der Waals surface area contributed by atoms with Crippen LogP contribution in [0.4, 0.5) is 0 Å². The van der Waals surface area contributed by atoms with E-state index in [1.165, 1.54) is 11.1 Å². The number of esters is 1. The molecule has 1 atom stereocenters. The summed E-state index contributed by atoms with van der Waals surface area (Å²) in [7, 11) is 0. The first-order valence-electron chi connectivity index (χ1n) is 10.4. The van der Waals surface area contributed by atoms with Crippen LogP contribution < -0.4 is 5.32 Å². The molecule has 1 unspecified atom stereocenters. The second-order valence-electron chi connectivity index (χ2n) is 7.18. The van der Waals surface area contributed by atoms with Gasteiger partial charge in [0.1, 0.15) is 0 Å². The number of benzene rings is 1. The number of nitrogens with one attached hydrogen (secondary N) is 1. The fraction of sp³-hybridized carbons (Fsp3) is 0.500. The molecule has 0 bridgehead atoms. The molecule has 1 aliphatic heterocycles. The van der Waals surface area contributed by atoms with Crippen molar-refractivity contribution in [3.8, 4) is 0 Å². The summed E-state index contributed by atoms with van der Waals surface area (Å²) in [5.41, 5.74) is 2.39. The highest BCUT2D eigenvalue weighted by atomic mass is 16.5. The Kier molecular flexibility index (Phi) is 7.67. The van der Waals surface area contributed by atoms with Gasteiger partial charge in [0.2, 0.25) is 0 Å². The van der Waals surface area contributed by atoms with Crippen molar-refractivity contribution >= 4 is 11.9 Å². The van der Waals surface area contributed by atoms with Crippen molar-refractivity contribution < 1.29 is 9.53 Å². The molecular formula is C22H31N5O2. The highest BCUT2D eigenvalue weighted by Crippen LogP contribution is 2.19. The average Bonchev–Trinajstić information content (AvgIpc) is 3.25. The number of piperidine rings is 1. The van der Waals surface area contributed by atoms with Gasteiger partial charge in [-0.25, -0.2) is 4.99 Å². The van der Waals surface area contributed by atoms with Crippen LogP contribution in [0.15, 0.2) is 47.7 Å². The van der Waals surface area contributed by atoms with Gasteiger partial charge in [-0.05, 0) is 43.9 Å². The van der Waals surface area contributed by atoms with Gasteiger partial charge in [0.15, 0.2) is 5.96 Å². The number of hydrogen-bond acceptors (Lipinski definition) is 4. The standard InChI is InChI=1S/C22H31N5O2/c1-3-23-22(26-13-7-11-20(16-26)21(28)29-4-2)24-15-18-9-5-6-10-19(18)17-27-14-8-12-25-27/h5-6,8-10,12,14,20H,3-4,7,11,13,15-17H2,1-2H3,(H,23,24). The Bertz CT molecular complexity index is 803. The van der Waals surface area contributed by atoms with Gasteiger partial charge in [-0.3, -0.25) is 9.48 Å². The van der Waals surface area contributed by atoms with Crippen molar-refractivity contribution in [3.05, 3.63) is 53.9 Å². The van der Waals surface area contributed by atoms with E-state index in [-0.39, 0.29) is 11.9 Å². The molecule has 7 nitrogen and oxygen atoms in total. The molecule has 1 aliphatic rings. The van der Waals surface area contributed by atoms with Crippen LogP contribution in [0.1, 0.15) is 37.8 Å². The van der Waals surface area contributed by atoms with Crippen molar-refractivity contribution in [2.75, 3.05) is 26.2 Å². The summed E-state index contributed by atoms with van der Waals surface area (Å²) in [6.45, 7) is 7.99. The van der Waals surface area contributed by atoms with Gasteiger partial charge in [-0.2, -0.15) is 5.10 Å². The summed E-state index contributed by atoms with van der Waals surface area (Å²) in [5.74, 6) is 0.674. The summed E-state index contributed by atoms with van der Waals surface area (Å²) in [6.07, 6.45) is 5.60. The first-order chi connectivity index (χ1) is 14.2.